The zero-order valence-electron chi connectivity index (χ0n) is 14.8. The molecule has 0 spiro atoms. The minimum Gasteiger partial charge on any atom is -0.347 e. The van der Waals surface area contributed by atoms with Gasteiger partial charge in [0.15, 0.2) is 0 Å². The van der Waals surface area contributed by atoms with E-state index in [1.807, 2.05) is 11.0 Å². The van der Waals surface area contributed by atoms with Gasteiger partial charge in [-0.15, -0.1) is 0 Å². The average Bonchev–Trinajstić information content (AvgIpc) is 3.11. The Balaban J connectivity index is 1.67. The van der Waals surface area contributed by atoms with E-state index in [1.165, 1.54) is 19.1 Å². The fourth-order valence-electron chi connectivity index (χ4n) is 3.96. The molecule has 2 aliphatic rings. The molecule has 0 bridgehead atoms. The third-order valence-electron chi connectivity index (χ3n) is 5.32. The Morgan fingerprint density at radius 2 is 1.84 bits per heavy atom. The molecular weight excluding hydrogens is 321 g/mol. The summed E-state index contributed by atoms with van der Waals surface area (Å²) in [5.41, 5.74) is 0.245. The van der Waals surface area contributed by atoms with Gasteiger partial charge >= 0.3 is 0 Å². The van der Waals surface area contributed by atoms with Gasteiger partial charge in [0.2, 0.25) is 11.8 Å². The van der Waals surface area contributed by atoms with Crippen molar-refractivity contribution >= 4 is 11.8 Å². The minimum atomic E-state index is -0.554. The van der Waals surface area contributed by atoms with Crippen molar-refractivity contribution in [2.45, 2.75) is 38.1 Å². The number of nitrogens with zero attached hydrogens (tertiary/aromatic N) is 2. The molecule has 136 valence electrons. The fourth-order valence-corrected chi connectivity index (χ4v) is 3.96. The van der Waals surface area contributed by atoms with Crippen LogP contribution in [0.5, 0.6) is 0 Å². The summed E-state index contributed by atoms with van der Waals surface area (Å²) in [6, 6.07) is 6.46. The SMILES string of the molecule is CC(=O)NC1(c2cccc(F)c2)CCN(CC(=O)N2CCCC2)CC1. The normalized spacial score (nSPS) is 20.5. The zero-order valence-corrected chi connectivity index (χ0v) is 14.8. The van der Waals surface area contributed by atoms with Gasteiger partial charge in [0.05, 0.1) is 12.1 Å². The van der Waals surface area contributed by atoms with E-state index >= 15 is 0 Å². The van der Waals surface area contributed by atoms with Gasteiger partial charge in [0.1, 0.15) is 5.82 Å². The molecule has 2 aliphatic heterocycles. The molecule has 0 saturated carbocycles. The van der Waals surface area contributed by atoms with Crippen molar-refractivity contribution in [3.63, 3.8) is 0 Å². The lowest BCUT2D eigenvalue weighted by molar-refractivity contribution is -0.132. The maximum atomic E-state index is 13.7. The third kappa shape index (κ3) is 4.18. The van der Waals surface area contributed by atoms with Crippen molar-refractivity contribution in [3.05, 3.63) is 35.6 Å². The van der Waals surface area contributed by atoms with Crippen LogP contribution in [0.3, 0.4) is 0 Å². The number of benzene rings is 1. The van der Waals surface area contributed by atoms with Crippen LogP contribution in [0.4, 0.5) is 4.39 Å². The molecule has 2 amide bonds. The highest BCUT2D eigenvalue weighted by Crippen LogP contribution is 2.33. The van der Waals surface area contributed by atoms with Crippen LogP contribution in [-0.4, -0.2) is 54.3 Å². The first-order chi connectivity index (χ1) is 12.0. The number of carbonyl (C=O) groups excluding carboxylic acids is 2. The number of amides is 2. The number of carbonyl (C=O) groups is 2. The summed E-state index contributed by atoms with van der Waals surface area (Å²) in [5, 5.41) is 3.04. The smallest absolute Gasteiger partial charge is 0.236 e. The molecule has 1 aromatic carbocycles. The van der Waals surface area contributed by atoms with Crippen LogP contribution in [0.2, 0.25) is 0 Å². The van der Waals surface area contributed by atoms with Crippen molar-refractivity contribution in [2.75, 3.05) is 32.7 Å². The van der Waals surface area contributed by atoms with E-state index in [0.29, 0.717) is 32.5 Å². The lowest BCUT2D eigenvalue weighted by Crippen LogP contribution is -2.54. The first-order valence-electron chi connectivity index (χ1n) is 9.03. The van der Waals surface area contributed by atoms with Gasteiger partial charge in [0.25, 0.3) is 0 Å². The molecule has 0 aromatic heterocycles. The molecule has 1 aromatic rings. The van der Waals surface area contributed by atoms with Gasteiger partial charge in [-0.1, -0.05) is 12.1 Å². The van der Waals surface area contributed by atoms with E-state index in [0.717, 1.165) is 31.5 Å². The van der Waals surface area contributed by atoms with Crippen LogP contribution in [0.1, 0.15) is 38.2 Å². The van der Waals surface area contributed by atoms with E-state index in [1.54, 1.807) is 6.07 Å². The molecule has 1 N–H and O–H groups in total. The molecular formula is C19H26FN3O2. The monoisotopic (exact) mass is 347 g/mol. The summed E-state index contributed by atoms with van der Waals surface area (Å²) in [6.07, 6.45) is 3.53. The highest BCUT2D eigenvalue weighted by atomic mass is 19.1. The van der Waals surface area contributed by atoms with Crippen molar-refractivity contribution in [2.24, 2.45) is 0 Å². The molecule has 0 atom stereocenters. The topological polar surface area (TPSA) is 52.7 Å². The van der Waals surface area contributed by atoms with Crippen molar-refractivity contribution < 1.29 is 14.0 Å². The third-order valence-corrected chi connectivity index (χ3v) is 5.32. The first-order valence-corrected chi connectivity index (χ1v) is 9.03. The fraction of sp³-hybridized carbons (Fsp3) is 0.579. The van der Waals surface area contributed by atoms with Crippen LogP contribution in [0.25, 0.3) is 0 Å². The maximum absolute atomic E-state index is 13.7. The van der Waals surface area contributed by atoms with Gasteiger partial charge in [-0.05, 0) is 43.4 Å². The highest BCUT2D eigenvalue weighted by Gasteiger charge is 2.37. The molecule has 0 aliphatic carbocycles. The summed E-state index contributed by atoms with van der Waals surface area (Å²) in [4.78, 5) is 28.1. The number of rotatable bonds is 4. The summed E-state index contributed by atoms with van der Waals surface area (Å²) >= 11 is 0. The molecule has 25 heavy (non-hydrogen) atoms. The average molecular weight is 347 g/mol. The Labute approximate surface area is 148 Å². The number of likely N-dealkylation sites (tertiary alicyclic amines) is 2. The molecule has 3 rings (SSSR count). The van der Waals surface area contributed by atoms with E-state index in [-0.39, 0.29) is 17.6 Å². The van der Waals surface area contributed by atoms with Crippen LogP contribution in [0.15, 0.2) is 24.3 Å². The van der Waals surface area contributed by atoms with Gasteiger partial charge in [-0.2, -0.15) is 0 Å². The highest BCUT2D eigenvalue weighted by molar-refractivity contribution is 5.78. The molecule has 2 saturated heterocycles. The molecule has 5 nitrogen and oxygen atoms in total. The van der Waals surface area contributed by atoms with Crippen LogP contribution < -0.4 is 5.32 Å². The van der Waals surface area contributed by atoms with Gasteiger partial charge in [0, 0.05) is 33.1 Å². The number of nitrogens with one attached hydrogen (secondary N) is 1. The van der Waals surface area contributed by atoms with Crippen molar-refractivity contribution in [3.8, 4) is 0 Å². The van der Waals surface area contributed by atoms with E-state index < -0.39 is 5.54 Å². The lowest BCUT2D eigenvalue weighted by atomic mass is 9.80. The molecule has 0 unspecified atom stereocenters. The molecule has 6 heteroatoms. The second-order valence-electron chi connectivity index (χ2n) is 7.14. The number of hydrogen-bond acceptors (Lipinski definition) is 3. The Morgan fingerprint density at radius 3 is 2.44 bits per heavy atom. The van der Waals surface area contributed by atoms with Crippen LogP contribution in [0, 0.1) is 5.82 Å². The standard InChI is InChI=1S/C19H26FN3O2/c1-15(24)21-19(16-5-4-6-17(20)13-16)7-11-22(12-8-19)14-18(25)23-9-2-3-10-23/h4-6,13H,2-3,7-12,14H2,1H3,(H,21,24). The predicted octanol–water partition coefficient (Wildman–Crippen LogP) is 1.88. The van der Waals surface area contributed by atoms with Crippen LogP contribution in [-0.2, 0) is 15.1 Å². The Morgan fingerprint density at radius 1 is 1.16 bits per heavy atom. The Kier molecular flexibility index (Phi) is 5.37. The number of piperidine rings is 1. The molecule has 2 fully saturated rings. The summed E-state index contributed by atoms with van der Waals surface area (Å²) in [6.45, 7) is 5.06. The maximum Gasteiger partial charge on any atom is 0.236 e. The number of hydrogen-bond donors (Lipinski definition) is 1. The second-order valence-corrected chi connectivity index (χ2v) is 7.14. The Hall–Kier alpha value is -1.95. The van der Waals surface area contributed by atoms with E-state index in [4.69, 9.17) is 0 Å². The summed E-state index contributed by atoms with van der Waals surface area (Å²) in [5.74, 6) is -0.227. The van der Waals surface area contributed by atoms with Crippen molar-refractivity contribution in [1.29, 1.82) is 0 Å². The second kappa shape index (κ2) is 7.52. The first kappa shape index (κ1) is 17.9. The van der Waals surface area contributed by atoms with Crippen LogP contribution >= 0.6 is 0 Å². The molecule has 0 radical (unpaired) electrons. The molecule has 2 heterocycles. The Bertz CT molecular complexity index is 635. The quantitative estimate of drug-likeness (QED) is 0.905. The lowest BCUT2D eigenvalue weighted by Gasteiger charge is -2.42. The number of halogens is 1. The van der Waals surface area contributed by atoms with Gasteiger partial charge < -0.3 is 10.2 Å². The van der Waals surface area contributed by atoms with E-state index in [2.05, 4.69) is 10.2 Å². The minimum absolute atomic E-state index is 0.120. The predicted molar refractivity (Wildman–Crippen MR) is 93.4 cm³/mol. The van der Waals surface area contributed by atoms with Crippen molar-refractivity contribution in [1.82, 2.24) is 15.1 Å². The summed E-state index contributed by atoms with van der Waals surface area (Å²) in [7, 11) is 0. The van der Waals surface area contributed by atoms with Gasteiger partial charge in [-0.3, -0.25) is 14.5 Å². The van der Waals surface area contributed by atoms with E-state index in [9.17, 15) is 14.0 Å². The summed E-state index contributed by atoms with van der Waals surface area (Å²) < 4.78 is 13.7. The van der Waals surface area contributed by atoms with Gasteiger partial charge in [-0.25, -0.2) is 4.39 Å². The largest absolute Gasteiger partial charge is 0.347 e. The zero-order chi connectivity index (χ0) is 17.9.